The maximum Gasteiger partial charge on any atom is 0.254 e. The predicted molar refractivity (Wildman–Crippen MR) is 90.9 cm³/mol. The quantitative estimate of drug-likeness (QED) is 0.750. The highest BCUT2D eigenvalue weighted by Gasteiger charge is 2.25. The summed E-state index contributed by atoms with van der Waals surface area (Å²) < 4.78 is 36.8. The molecule has 1 aromatic heterocycles. The molecule has 10 heteroatoms. The molecule has 140 valence electrons. The van der Waals surface area contributed by atoms with Gasteiger partial charge in [-0.2, -0.15) is 9.29 Å². The van der Waals surface area contributed by atoms with Crippen molar-refractivity contribution in [2.45, 2.75) is 18.4 Å². The maximum absolute atomic E-state index is 12.8. The molecule has 2 heterocycles. The first-order chi connectivity index (χ1) is 12.4. The number of rotatable bonds is 5. The molecule has 9 nitrogen and oxygen atoms in total. The second-order valence-electron chi connectivity index (χ2n) is 5.92. The van der Waals surface area contributed by atoms with Crippen LogP contribution in [0.25, 0.3) is 0 Å². The van der Waals surface area contributed by atoms with Crippen molar-refractivity contribution in [1.82, 2.24) is 19.3 Å². The van der Waals surface area contributed by atoms with Crippen molar-refractivity contribution in [3.8, 4) is 0 Å². The Bertz CT molecular complexity index is 890. The van der Waals surface area contributed by atoms with E-state index in [0.29, 0.717) is 37.8 Å². The Balaban J connectivity index is 1.80. The molecule has 0 unspecified atom stereocenters. The number of hydrogen-bond donors (Lipinski definition) is 0. The number of sulfonamides is 1. The lowest BCUT2D eigenvalue weighted by Crippen LogP contribution is -2.40. The number of carbonyl (C=O) groups is 1. The Morgan fingerprint density at radius 2 is 2.04 bits per heavy atom. The molecular formula is C16H20N4O5S. The summed E-state index contributed by atoms with van der Waals surface area (Å²) in [5, 5.41) is 3.71. The molecule has 0 aliphatic carbocycles. The van der Waals surface area contributed by atoms with Crippen LogP contribution in [0.3, 0.4) is 0 Å². The number of benzene rings is 1. The lowest BCUT2D eigenvalue weighted by molar-refractivity contribution is 0.0302. The molecule has 0 saturated carbocycles. The molecule has 0 bridgehead atoms. The zero-order chi connectivity index (χ0) is 18.7. The summed E-state index contributed by atoms with van der Waals surface area (Å²) in [6.07, 6.45) is 0. The van der Waals surface area contributed by atoms with Crippen LogP contribution in [0.15, 0.2) is 33.7 Å². The minimum absolute atomic E-state index is 0.0265. The maximum atomic E-state index is 12.8. The van der Waals surface area contributed by atoms with E-state index in [4.69, 9.17) is 9.26 Å². The van der Waals surface area contributed by atoms with Crippen molar-refractivity contribution in [1.29, 1.82) is 0 Å². The third-order valence-corrected chi connectivity index (χ3v) is 5.82. The highest BCUT2D eigenvalue weighted by molar-refractivity contribution is 7.89. The molecule has 1 amide bonds. The van der Waals surface area contributed by atoms with Gasteiger partial charge in [0, 0.05) is 32.6 Å². The molecule has 1 aromatic carbocycles. The Kier molecular flexibility index (Phi) is 5.35. The summed E-state index contributed by atoms with van der Waals surface area (Å²) in [7, 11) is -2.37. The third kappa shape index (κ3) is 3.92. The lowest BCUT2D eigenvalue weighted by atomic mass is 10.2. The number of aromatic nitrogens is 2. The van der Waals surface area contributed by atoms with Crippen molar-refractivity contribution in [2.75, 3.05) is 33.4 Å². The predicted octanol–water partition coefficient (Wildman–Crippen LogP) is 0.671. The van der Waals surface area contributed by atoms with Crippen LogP contribution in [0.1, 0.15) is 22.1 Å². The molecule has 3 rings (SSSR count). The average molecular weight is 380 g/mol. The average Bonchev–Trinajstić information content (AvgIpc) is 3.06. The highest BCUT2D eigenvalue weighted by atomic mass is 32.2. The zero-order valence-electron chi connectivity index (χ0n) is 14.6. The number of amides is 1. The summed E-state index contributed by atoms with van der Waals surface area (Å²) in [4.78, 5) is 18.3. The van der Waals surface area contributed by atoms with Crippen molar-refractivity contribution in [3.05, 3.63) is 41.5 Å². The van der Waals surface area contributed by atoms with Crippen LogP contribution in [0.4, 0.5) is 0 Å². The van der Waals surface area contributed by atoms with Gasteiger partial charge in [-0.1, -0.05) is 11.2 Å². The van der Waals surface area contributed by atoms with E-state index in [1.165, 1.54) is 19.2 Å². The minimum Gasteiger partial charge on any atom is -0.378 e. The first-order valence-corrected chi connectivity index (χ1v) is 9.54. The fourth-order valence-electron chi connectivity index (χ4n) is 2.61. The monoisotopic (exact) mass is 380 g/mol. The molecular weight excluding hydrogens is 360 g/mol. The standard InChI is InChI=1S/C16H20N4O5S/c1-12-17-15(18-25-12)11-19(2)26(22,23)14-5-3-4-13(10-14)16(21)20-6-8-24-9-7-20/h3-5,10H,6-9,11H2,1-2H3. The van der Waals surface area contributed by atoms with Crippen molar-refractivity contribution >= 4 is 15.9 Å². The number of hydrogen-bond acceptors (Lipinski definition) is 7. The molecule has 1 saturated heterocycles. The van der Waals surface area contributed by atoms with Crippen LogP contribution in [-0.2, 0) is 21.3 Å². The molecule has 0 radical (unpaired) electrons. The Labute approximate surface area is 151 Å². The second-order valence-corrected chi connectivity index (χ2v) is 7.97. The van der Waals surface area contributed by atoms with Gasteiger partial charge in [0.15, 0.2) is 5.82 Å². The topological polar surface area (TPSA) is 106 Å². The third-order valence-electron chi connectivity index (χ3n) is 4.02. The van der Waals surface area contributed by atoms with Gasteiger partial charge in [-0.3, -0.25) is 4.79 Å². The summed E-state index contributed by atoms with van der Waals surface area (Å²) in [6, 6.07) is 6.03. The van der Waals surface area contributed by atoms with Crippen molar-refractivity contribution in [2.24, 2.45) is 0 Å². The number of ether oxygens (including phenoxy) is 1. The molecule has 0 atom stereocenters. The van der Waals surface area contributed by atoms with E-state index in [1.54, 1.807) is 24.0 Å². The molecule has 1 aliphatic heterocycles. The number of nitrogens with zero attached hydrogens (tertiary/aromatic N) is 4. The number of aryl methyl sites for hydroxylation is 1. The van der Waals surface area contributed by atoms with E-state index >= 15 is 0 Å². The fraction of sp³-hybridized carbons (Fsp3) is 0.438. The first-order valence-electron chi connectivity index (χ1n) is 8.10. The highest BCUT2D eigenvalue weighted by Crippen LogP contribution is 2.19. The van der Waals surface area contributed by atoms with Crippen LogP contribution < -0.4 is 0 Å². The zero-order valence-corrected chi connectivity index (χ0v) is 15.4. The van der Waals surface area contributed by atoms with Gasteiger partial charge in [-0.15, -0.1) is 0 Å². The van der Waals surface area contributed by atoms with Crippen LogP contribution in [0.2, 0.25) is 0 Å². The van der Waals surface area contributed by atoms with Gasteiger partial charge in [0.25, 0.3) is 5.91 Å². The number of morpholine rings is 1. The van der Waals surface area contributed by atoms with Gasteiger partial charge < -0.3 is 14.2 Å². The van der Waals surface area contributed by atoms with E-state index < -0.39 is 10.0 Å². The van der Waals surface area contributed by atoms with Crippen molar-refractivity contribution in [3.63, 3.8) is 0 Å². The van der Waals surface area contributed by atoms with E-state index in [0.717, 1.165) is 4.31 Å². The molecule has 2 aromatic rings. The summed E-state index contributed by atoms with van der Waals surface area (Å²) >= 11 is 0. The Morgan fingerprint density at radius 3 is 2.69 bits per heavy atom. The van der Waals surface area contributed by atoms with Crippen LogP contribution in [0, 0.1) is 6.92 Å². The van der Waals surface area contributed by atoms with Crippen LogP contribution in [-0.4, -0.2) is 67.0 Å². The second kappa shape index (κ2) is 7.52. The van der Waals surface area contributed by atoms with E-state index in [-0.39, 0.29) is 23.2 Å². The largest absolute Gasteiger partial charge is 0.378 e. The van der Waals surface area contributed by atoms with Gasteiger partial charge in [0.1, 0.15) is 0 Å². The van der Waals surface area contributed by atoms with Gasteiger partial charge in [0.2, 0.25) is 15.9 Å². The van der Waals surface area contributed by atoms with E-state index in [9.17, 15) is 13.2 Å². The summed E-state index contributed by atoms with van der Waals surface area (Å²) in [6.45, 7) is 3.56. The Morgan fingerprint density at radius 1 is 1.31 bits per heavy atom. The molecule has 1 aliphatic rings. The fourth-order valence-corrected chi connectivity index (χ4v) is 3.78. The molecule has 0 spiro atoms. The first kappa shape index (κ1) is 18.5. The molecule has 0 N–H and O–H groups in total. The van der Waals surface area contributed by atoms with Gasteiger partial charge in [0.05, 0.1) is 24.7 Å². The summed E-state index contributed by atoms with van der Waals surface area (Å²) in [5.41, 5.74) is 0.330. The SMILES string of the molecule is Cc1nc(CN(C)S(=O)(=O)c2cccc(C(=O)N3CCOCC3)c2)no1. The molecule has 1 fully saturated rings. The Hall–Kier alpha value is -2.30. The van der Waals surface area contributed by atoms with Gasteiger partial charge >= 0.3 is 0 Å². The van der Waals surface area contributed by atoms with Gasteiger partial charge in [-0.25, -0.2) is 8.42 Å². The van der Waals surface area contributed by atoms with Crippen LogP contribution in [0.5, 0.6) is 0 Å². The van der Waals surface area contributed by atoms with Crippen molar-refractivity contribution < 1.29 is 22.5 Å². The van der Waals surface area contributed by atoms with Crippen LogP contribution >= 0.6 is 0 Å². The normalized spacial score (nSPS) is 15.4. The molecule has 26 heavy (non-hydrogen) atoms. The van der Waals surface area contributed by atoms with Gasteiger partial charge in [-0.05, 0) is 18.2 Å². The smallest absolute Gasteiger partial charge is 0.254 e. The van der Waals surface area contributed by atoms with E-state index in [1.807, 2.05) is 0 Å². The summed E-state index contributed by atoms with van der Waals surface area (Å²) in [5.74, 6) is 0.430. The van der Waals surface area contributed by atoms with E-state index in [2.05, 4.69) is 10.1 Å². The lowest BCUT2D eigenvalue weighted by Gasteiger charge is -2.27. The number of carbonyl (C=O) groups excluding carboxylic acids is 1. The minimum atomic E-state index is -3.80.